The molecule has 0 N–H and O–H groups in total. The Morgan fingerprint density at radius 3 is 1.05 bits per heavy atom. The van der Waals surface area contributed by atoms with Crippen molar-refractivity contribution in [2.24, 2.45) is 0 Å². The Hall–Kier alpha value is -3.24. The van der Waals surface area contributed by atoms with Crippen molar-refractivity contribution >= 4 is 0 Å². The summed E-state index contributed by atoms with van der Waals surface area (Å²) in [4.78, 5) is 0. The largest absolute Gasteiger partial charge is 0.376 e. The van der Waals surface area contributed by atoms with Gasteiger partial charge in [-0.2, -0.15) is 0 Å². The Morgan fingerprint density at radius 2 is 0.732 bits per heavy atom. The van der Waals surface area contributed by atoms with E-state index in [2.05, 4.69) is 116 Å². The highest BCUT2D eigenvalue weighted by Crippen LogP contribution is 2.45. The molecule has 3 heteroatoms. The molecule has 41 heavy (non-hydrogen) atoms. The van der Waals surface area contributed by atoms with E-state index in [4.69, 9.17) is 14.2 Å². The molecule has 0 radical (unpaired) electrons. The van der Waals surface area contributed by atoms with Crippen molar-refractivity contribution < 1.29 is 14.2 Å². The monoisotopic (exact) mass is 546 g/mol. The maximum atomic E-state index is 6.13. The summed E-state index contributed by atoms with van der Waals surface area (Å²) in [7, 11) is 0. The molecule has 0 amide bonds. The highest BCUT2D eigenvalue weighted by Gasteiger charge is 2.45. The van der Waals surface area contributed by atoms with Gasteiger partial charge in [0.25, 0.3) is 0 Å². The molecule has 4 unspecified atom stereocenters. The molecule has 0 saturated carbocycles. The standard InChI is InChI=1S/C38H42O3/c1-21-9-22(2)12-29(11-21)31-15-25(5)35(26(6)16-31)37-33(40-37)19-39-20-34-38(41-34)36-27(7)17-32(18-28(36)8)30-13-23(3)10-24(4)14-30/h9-18,33-34,37-38H,19-20H2,1-8H3. The van der Waals surface area contributed by atoms with Crippen LogP contribution in [0.2, 0.25) is 0 Å². The fourth-order valence-corrected chi connectivity index (χ4v) is 6.81. The molecule has 0 spiro atoms. The predicted molar refractivity (Wildman–Crippen MR) is 168 cm³/mol. The first kappa shape index (κ1) is 27.9. The van der Waals surface area contributed by atoms with Crippen molar-refractivity contribution in [3.05, 3.63) is 116 Å². The third kappa shape index (κ3) is 5.90. The smallest absolute Gasteiger partial charge is 0.112 e. The zero-order chi connectivity index (χ0) is 29.0. The van der Waals surface area contributed by atoms with Crippen molar-refractivity contribution in [3.8, 4) is 22.3 Å². The average Bonchev–Trinajstić information content (AvgIpc) is 3.80. The van der Waals surface area contributed by atoms with E-state index in [1.54, 1.807) is 0 Å². The summed E-state index contributed by atoms with van der Waals surface area (Å²) >= 11 is 0. The summed E-state index contributed by atoms with van der Waals surface area (Å²) in [6.45, 7) is 18.6. The number of hydrogen-bond donors (Lipinski definition) is 0. The fourth-order valence-electron chi connectivity index (χ4n) is 6.81. The van der Waals surface area contributed by atoms with Crippen molar-refractivity contribution in [2.75, 3.05) is 13.2 Å². The van der Waals surface area contributed by atoms with Crippen LogP contribution in [0.25, 0.3) is 22.3 Å². The molecule has 212 valence electrons. The second-order valence-electron chi connectivity index (χ2n) is 12.5. The van der Waals surface area contributed by atoms with E-state index in [1.807, 2.05) is 0 Å². The first-order valence-corrected chi connectivity index (χ1v) is 14.9. The van der Waals surface area contributed by atoms with Gasteiger partial charge >= 0.3 is 0 Å². The van der Waals surface area contributed by atoms with E-state index in [1.165, 1.54) is 77.9 Å². The normalized spacial score (nSPS) is 21.3. The highest BCUT2D eigenvalue weighted by molar-refractivity contribution is 5.69. The molecule has 0 aromatic heterocycles. The number of hydrogen-bond acceptors (Lipinski definition) is 3. The molecule has 4 aromatic carbocycles. The minimum atomic E-state index is 0.109. The molecular weight excluding hydrogens is 504 g/mol. The zero-order valence-electron chi connectivity index (χ0n) is 25.7. The van der Waals surface area contributed by atoms with Crippen LogP contribution < -0.4 is 0 Å². The number of aryl methyl sites for hydroxylation is 8. The molecule has 0 bridgehead atoms. The van der Waals surface area contributed by atoms with Crippen molar-refractivity contribution in [1.29, 1.82) is 0 Å². The lowest BCUT2D eigenvalue weighted by Crippen LogP contribution is -2.09. The topological polar surface area (TPSA) is 34.3 Å². The first-order chi connectivity index (χ1) is 19.6. The molecule has 6 rings (SSSR count). The van der Waals surface area contributed by atoms with Crippen LogP contribution in [0.4, 0.5) is 0 Å². The quantitative estimate of drug-likeness (QED) is 0.207. The SMILES string of the molecule is Cc1cc(C)cc(-c2cc(C)c(C3OC3COCC3OC3c3c(C)cc(-c4cc(C)cc(C)c4)cc3C)c(C)c2)c1. The molecule has 2 aliphatic heterocycles. The summed E-state index contributed by atoms with van der Waals surface area (Å²) in [6.07, 6.45) is 0.442. The van der Waals surface area contributed by atoms with Crippen molar-refractivity contribution in [1.82, 2.24) is 0 Å². The van der Waals surface area contributed by atoms with Gasteiger partial charge in [0, 0.05) is 0 Å². The van der Waals surface area contributed by atoms with E-state index < -0.39 is 0 Å². The van der Waals surface area contributed by atoms with E-state index in [-0.39, 0.29) is 24.4 Å². The Labute approximate surface area is 245 Å². The van der Waals surface area contributed by atoms with Gasteiger partial charge in [-0.15, -0.1) is 0 Å². The third-order valence-corrected chi connectivity index (χ3v) is 8.60. The number of benzene rings is 4. The van der Waals surface area contributed by atoms with Crippen LogP contribution in [0.5, 0.6) is 0 Å². The molecule has 0 aliphatic carbocycles. The van der Waals surface area contributed by atoms with Crippen molar-refractivity contribution in [2.45, 2.75) is 79.8 Å². The van der Waals surface area contributed by atoms with Crippen LogP contribution in [-0.4, -0.2) is 25.4 Å². The van der Waals surface area contributed by atoms with E-state index in [9.17, 15) is 0 Å². The average molecular weight is 547 g/mol. The molecule has 3 nitrogen and oxygen atoms in total. The van der Waals surface area contributed by atoms with Crippen LogP contribution in [-0.2, 0) is 14.2 Å². The van der Waals surface area contributed by atoms with Gasteiger partial charge in [0.15, 0.2) is 0 Å². The Balaban J connectivity index is 1.05. The summed E-state index contributed by atoms with van der Waals surface area (Å²) in [6, 6.07) is 22.7. The Morgan fingerprint density at radius 1 is 0.439 bits per heavy atom. The molecule has 2 saturated heterocycles. The summed E-state index contributed by atoms with van der Waals surface area (Å²) in [5.41, 5.74) is 18.0. The van der Waals surface area contributed by atoms with Gasteiger partial charge in [-0.1, -0.05) is 82.9 Å². The molecule has 2 fully saturated rings. The van der Waals surface area contributed by atoms with Crippen LogP contribution >= 0.6 is 0 Å². The minimum Gasteiger partial charge on any atom is -0.376 e. The van der Waals surface area contributed by atoms with Crippen LogP contribution in [0, 0.1) is 55.4 Å². The molecule has 4 aromatic rings. The zero-order valence-corrected chi connectivity index (χ0v) is 25.7. The molecule has 2 aliphatic rings. The lowest BCUT2D eigenvalue weighted by atomic mass is 9.92. The maximum Gasteiger partial charge on any atom is 0.112 e. The van der Waals surface area contributed by atoms with Gasteiger partial charge < -0.3 is 14.2 Å². The molecular formula is C38H42O3. The number of epoxide rings is 2. The highest BCUT2D eigenvalue weighted by atomic mass is 16.6. The lowest BCUT2D eigenvalue weighted by molar-refractivity contribution is 0.102. The summed E-state index contributed by atoms with van der Waals surface area (Å²) < 4.78 is 18.3. The third-order valence-electron chi connectivity index (χ3n) is 8.60. The van der Waals surface area contributed by atoms with Crippen LogP contribution in [0.15, 0.2) is 60.7 Å². The predicted octanol–water partition coefficient (Wildman–Crippen LogP) is 9.08. The second-order valence-corrected chi connectivity index (χ2v) is 12.5. The van der Waals surface area contributed by atoms with Crippen LogP contribution in [0.3, 0.4) is 0 Å². The Kier molecular flexibility index (Phi) is 7.40. The van der Waals surface area contributed by atoms with Gasteiger partial charge in [0.05, 0.1) is 13.2 Å². The van der Waals surface area contributed by atoms with Gasteiger partial charge in [-0.05, 0) is 111 Å². The lowest BCUT2D eigenvalue weighted by Gasteiger charge is -2.13. The second kappa shape index (κ2) is 10.9. The van der Waals surface area contributed by atoms with E-state index >= 15 is 0 Å². The minimum absolute atomic E-state index is 0.109. The van der Waals surface area contributed by atoms with E-state index in [0.29, 0.717) is 13.2 Å². The maximum absolute atomic E-state index is 6.13. The number of ether oxygens (including phenoxy) is 3. The van der Waals surface area contributed by atoms with Crippen LogP contribution in [0.1, 0.15) is 67.8 Å². The first-order valence-electron chi connectivity index (χ1n) is 14.9. The van der Waals surface area contributed by atoms with Crippen molar-refractivity contribution in [3.63, 3.8) is 0 Å². The molecule has 2 heterocycles. The number of rotatable bonds is 8. The summed E-state index contributed by atoms with van der Waals surface area (Å²) in [5.74, 6) is 0. The van der Waals surface area contributed by atoms with Gasteiger partial charge in [0.2, 0.25) is 0 Å². The summed E-state index contributed by atoms with van der Waals surface area (Å²) in [5, 5.41) is 0. The van der Waals surface area contributed by atoms with Gasteiger partial charge in [-0.25, -0.2) is 0 Å². The Bertz CT molecular complexity index is 1420. The molecule has 4 atom stereocenters. The van der Waals surface area contributed by atoms with Gasteiger partial charge in [-0.3, -0.25) is 0 Å². The fraction of sp³-hybridized carbons (Fsp3) is 0.368. The van der Waals surface area contributed by atoms with Gasteiger partial charge in [0.1, 0.15) is 24.4 Å². The van der Waals surface area contributed by atoms with E-state index in [0.717, 1.165) is 0 Å².